The Kier molecular flexibility index (Phi) is 10.7. The van der Waals surface area contributed by atoms with Gasteiger partial charge in [0.15, 0.2) is 0 Å². The smallest absolute Gasteiger partial charge is 0.102 e. The molecule has 0 radical (unpaired) electrons. The van der Waals surface area contributed by atoms with Gasteiger partial charge in [0.2, 0.25) is 0 Å². The van der Waals surface area contributed by atoms with Crippen molar-refractivity contribution >= 4 is 44.4 Å². The number of fused-ring (bicyclic) bond motifs is 8. The van der Waals surface area contributed by atoms with Gasteiger partial charge in [-0.25, -0.2) is 9.97 Å². The highest BCUT2D eigenvalue weighted by atomic mass is 14.8. The zero-order valence-corrected chi connectivity index (χ0v) is 40.7. The van der Waals surface area contributed by atoms with Gasteiger partial charge in [0.05, 0.1) is 44.9 Å². The summed E-state index contributed by atoms with van der Waals surface area (Å²) in [5.41, 5.74) is 30.9. The Hall–Kier alpha value is -7.54. The summed E-state index contributed by atoms with van der Waals surface area (Å²) in [7, 11) is 0. The fraction of sp³-hybridized carbons (Fsp3) is 0.233. The molecule has 4 aromatic carbocycles. The summed E-state index contributed by atoms with van der Waals surface area (Å²) in [6, 6.07) is 31.3. The molecular weight excluding hydrogens is 805 g/mol. The monoisotopic (exact) mass is 860 g/mol. The summed E-state index contributed by atoms with van der Waals surface area (Å²) in [5.74, 6) is 0. The van der Waals surface area contributed by atoms with E-state index in [4.69, 9.17) is 9.97 Å². The number of H-pyrrole nitrogens is 2. The molecule has 0 atom stereocenters. The van der Waals surface area contributed by atoms with Crippen LogP contribution in [0.1, 0.15) is 119 Å². The zero-order chi connectivity index (χ0) is 47.2. The highest BCUT2D eigenvalue weighted by molar-refractivity contribution is 6.08. The molecule has 0 saturated carbocycles. The molecule has 0 spiro atoms. The van der Waals surface area contributed by atoms with E-state index in [2.05, 4.69) is 186 Å². The Morgan fingerprint density at radius 3 is 1.20 bits per heavy atom. The zero-order valence-electron chi connectivity index (χ0n) is 40.7. The third-order valence-electron chi connectivity index (χ3n) is 13.7. The lowest BCUT2D eigenvalue weighted by Crippen LogP contribution is -1.96. The van der Waals surface area contributed by atoms with E-state index < -0.39 is 0 Å². The van der Waals surface area contributed by atoms with Crippen molar-refractivity contribution < 1.29 is 0 Å². The number of aromatic amines is 2. The van der Waals surface area contributed by atoms with Crippen LogP contribution in [0.5, 0.6) is 0 Å². The quantitative estimate of drug-likeness (QED) is 0.184. The Bertz CT molecular complexity index is 3550. The van der Waals surface area contributed by atoms with Crippen molar-refractivity contribution in [2.24, 2.45) is 0 Å². The number of benzene rings is 4. The first-order valence-electron chi connectivity index (χ1n) is 22.8. The third-order valence-corrected chi connectivity index (χ3v) is 13.7. The van der Waals surface area contributed by atoms with Crippen molar-refractivity contribution in [2.75, 3.05) is 0 Å². The highest BCUT2D eigenvalue weighted by Gasteiger charge is 2.28. The third kappa shape index (κ3) is 7.09. The number of nitriles is 2. The van der Waals surface area contributed by atoms with E-state index in [1.54, 1.807) is 0 Å². The lowest BCUT2D eigenvalue weighted by atomic mass is 9.88. The predicted molar refractivity (Wildman–Crippen MR) is 274 cm³/mol. The topological polar surface area (TPSA) is 105 Å². The van der Waals surface area contributed by atoms with Gasteiger partial charge in [0.25, 0.3) is 0 Å². The molecule has 7 aromatic rings. The van der Waals surface area contributed by atoms with Crippen molar-refractivity contribution in [2.45, 2.75) is 96.9 Å². The molecule has 2 aliphatic rings. The minimum atomic E-state index is 0.481. The fourth-order valence-corrected chi connectivity index (χ4v) is 11.4. The van der Waals surface area contributed by atoms with Crippen LogP contribution >= 0.6 is 0 Å². The largest absolute Gasteiger partial charge is 0.355 e. The van der Waals surface area contributed by atoms with Crippen LogP contribution in [0.2, 0.25) is 0 Å². The summed E-state index contributed by atoms with van der Waals surface area (Å²) in [5, 5.41) is 22.6. The van der Waals surface area contributed by atoms with Gasteiger partial charge in [0, 0.05) is 33.3 Å². The van der Waals surface area contributed by atoms with Crippen LogP contribution in [0.4, 0.5) is 0 Å². The molecule has 6 heteroatoms. The maximum Gasteiger partial charge on any atom is 0.102 e. The van der Waals surface area contributed by atoms with E-state index in [-0.39, 0.29) is 0 Å². The number of aromatic nitrogens is 4. The standard InChI is InChI=1S/C60H56N6/c1-29-15-33(5)53(34(6)16-29)57-42(14)46-24-51-59(55-37(9)19-31(3)20-38(55)10)44(28-62)48(65-51)26-52-60(56-39(11)21-32(4)22-40(56)12)43(27-61)47(66-52)25-50-58(41(13)45(64-50)23-49(57)63-46)54-35(7)17-30(2)18-36(54)8/h15-26,63,66H,1-14H3. The number of rotatable bonds is 4. The molecule has 2 N–H and O–H groups in total. The molecule has 0 aliphatic carbocycles. The van der Waals surface area contributed by atoms with Gasteiger partial charge in [-0.15, -0.1) is 0 Å². The van der Waals surface area contributed by atoms with Crippen LogP contribution in [0.25, 0.3) is 66.6 Å². The molecule has 326 valence electrons. The van der Waals surface area contributed by atoms with Gasteiger partial charge in [0.1, 0.15) is 12.1 Å². The van der Waals surface area contributed by atoms with Gasteiger partial charge in [-0.2, -0.15) is 10.5 Å². The molecule has 0 amide bonds. The molecule has 5 heterocycles. The number of aryl methyl sites for hydroxylation is 13. The average Bonchev–Trinajstić information content (AvgIpc) is 3.91. The molecule has 0 fully saturated rings. The average molecular weight is 861 g/mol. The Labute approximate surface area is 389 Å². The fourth-order valence-electron chi connectivity index (χ4n) is 11.4. The van der Waals surface area contributed by atoms with Crippen molar-refractivity contribution in [3.63, 3.8) is 0 Å². The number of nitrogens with zero attached hydrogens (tertiary/aromatic N) is 4. The number of allylic oxidation sites excluding steroid dienone is 2. The van der Waals surface area contributed by atoms with Gasteiger partial charge in [-0.1, -0.05) is 70.8 Å². The van der Waals surface area contributed by atoms with E-state index in [1.807, 2.05) is 6.07 Å². The first kappa shape index (κ1) is 43.7. The molecule has 0 saturated heterocycles. The van der Waals surface area contributed by atoms with E-state index in [9.17, 15) is 10.5 Å². The van der Waals surface area contributed by atoms with Gasteiger partial charge in [-0.3, -0.25) is 0 Å². The molecule has 8 bridgehead atoms. The maximum absolute atomic E-state index is 11.3. The minimum Gasteiger partial charge on any atom is -0.355 e. The van der Waals surface area contributed by atoms with Crippen LogP contribution in [-0.4, -0.2) is 19.9 Å². The minimum absolute atomic E-state index is 0.481. The van der Waals surface area contributed by atoms with Crippen LogP contribution in [0.3, 0.4) is 0 Å². The van der Waals surface area contributed by atoms with Gasteiger partial charge >= 0.3 is 0 Å². The number of hydrogen-bond acceptors (Lipinski definition) is 4. The second kappa shape index (κ2) is 16.2. The number of hydrogen-bond donors (Lipinski definition) is 2. The summed E-state index contributed by atoms with van der Waals surface area (Å²) in [6.45, 7) is 30.0. The predicted octanol–water partition coefficient (Wildman–Crippen LogP) is 15.0. The molecule has 66 heavy (non-hydrogen) atoms. The van der Waals surface area contributed by atoms with E-state index in [1.165, 1.54) is 38.9 Å². The van der Waals surface area contributed by atoms with E-state index in [0.29, 0.717) is 33.6 Å². The second-order valence-corrected chi connectivity index (χ2v) is 19.1. The Morgan fingerprint density at radius 1 is 0.348 bits per heavy atom. The van der Waals surface area contributed by atoms with Crippen molar-refractivity contribution in [1.82, 2.24) is 19.9 Å². The van der Waals surface area contributed by atoms with Crippen LogP contribution in [0, 0.1) is 113 Å². The van der Waals surface area contributed by atoms with E-state index >= 15 is 0 Å². The molecule has 6 nitrogen and oxygen atoms in total. The summed E-state index contributed by atoms with van der Waals surface area (Å²) in [6.07, 6.45) is 0. The number of nitrogens with one attached hydrogen (secondary N) is 2. The summed E-state index contributed by atoms with van der Waals surface area (Å²) < 4.78 is 0. The first-order valence-corrected chi connectivity index (χ1v) is 22.8. The molecule has 9 rings (SSSR count). The van der Waals surface area contributed by atoms with Crippen LogP contribution in [-0.2, 0) is 0 Å². The molecule has 0 unspecified atom stereocenters. The summed E-state index contributed by atoms with van der Waals surface area (Å²) >= 11 is 0. The molecule has 3 aromatic heterocycles. The first-order chi connectivity index (χ1) is 31.4. The summed E-state index contributed by atoms with van der Waals surface area (Å²) in [4.78, 5) is 18.6. The lowest BCUT2D eigenvalue weighted by Gasteiger charge is -2.14. The van der Waals surface area contributed by atoms with E-state index in [0.717, 1.165) is 106 Å². The SMILES string of the molecule is CC1=C(c2c(C)cc(C)cc2C)c2cc3[nH]c(cc4nc(cc5[nH]c(cc1n2)c(-c1c(C)cc(C)cc1C)c5C)C(c1c(C)cc(C)cc1C)=C4C#N)c(-c1c(C)cc(C)cc1C)c3C#N. The lowest BCUT2D eigenvalue weighted by molar-refractivity contribution is 1.26. The van der Waals surface area contributed by atoms with Gasteiger partial charge in [-0.05, 0) is 199 Å². The normalized spacial score (nSPS) is 12.5. The van der Waals surface area contributed by atoms with Crippen molar-refractivity contribution in [1.29, 1.82) is 10.5 Å². The van der Waals surface area contributed by atoms with Gasteiger partial charge < -0.3 is 9.97 Å². The Balaban J connectivity index is 1.54. The maximum atomic E-state index is 11.3. The van der Waals surface area contributed by atoms with Crippen LogP contribution in [0.15, 0.2) is 72.8 Å². The molecular formula is C60H56N6. The second-order valence-electron chi connectivity index (χ2n) is 19.1. The van der Waals surface area contributed by atoms with Crippen molar-refractivity contribution in [3.8, 4) is 34.4 Å². The molecule has 2 aliphatic heterocycles. The van der Waals surface area contributed by atoms with Crippen molar-refractivity contribution in [3.05, 3.63) is 185 Å². The highest BCUT2D eigenvalue weighted by Crippen LogP contribution is 2.45. The Morgan fingerprint density at radius 2 is 0.712 bits per heavy atom. The van der Waals surface area contributed by atoms with Crippen LogP contribution < -0.4 is 0 Å².